The zero-order chi connectivity index (χ0) is 20.8. The highest BCUT2D eigenvalue weighted by Gasteiger charge is 2.16. The SMILES string of the molecule is CCN(CC(=O)Nc1ccc2c(c1)OCCO2)CC(=O)Nc1cc(F)ccc1F. The second-order valence-electron chi connectivity index (χ2n) is 6.38. The number of nitrogens with zero attached hydrogens (tertiary/aromatic N) is 1. The van der Waals surface area contributed by atoms with Gasteiger partial charge in [0.15, 0.2) is 11.5 Å². The number of rotatable bonds is 7. The molecule has 2 aromatic carbocycles. The van der Waals surface area contributed by atoms with Crippen LogP contribution in [0.1, 0.15) is 6.92 Å². The molecule has 2 aromatic rings. The van der Waals surface area contributed by atoms with E-state index in [0.29, 0.717) is 36.9 Å². The Kier molecular flexibility index (Phi) is 6.61. The molecule has 2 amide bonds. The molecule has 0 aromatic heterocycles. The summed E-state index contributed by atoms with van der Waals surface area (Å²) in [6, 6.07) is 7.87. The number of benzene rings is 2. The molecule has 1 aliphatic heterocycles. The van der Waals surface area contributed by atoms with Gasteiger partial charge in [-0.15, -0.1) is 0 Å². The van der Waals surface area contributed by atoms with E-state index in [2.05, 4.69) is 10.6 Å². The highest BCUT2D eigenvalue weighted by atomic mass is 19.1. The molecule has 0 unspecified atom stereocenters. The van der Waals surface area contributed by atoms with Crippen molar-refractivity contribution in [2.75, 3.05) is 43.5 Å². The lowest BCUT2D eigenvalue weighted by molar-refractivity contribution is -0.119. The zero-order valence-electron chi connectivity index (χ0n) is 15.8. The Morgan fingerprint density at radius 3 is 2.38 bits per heavy atom. The predicted octanol–water partition coefficient (Wildman–Crippen LogP) is 2.64. The largest absolute Gasteiger partial charge is 0.486 e. The standard InChI is InChI=1S/C20H21F2N3O4/c1-2-25(12-20(27)24-16-9-13(21)3-5-15(16)22)11-19(26)23-14-4-6-17-18(10-14)29-8-7-28-17/h3-6,9-10H,2,7-8,11-12H2,1H3,(H,23,26)(H,24,27). The van der Waals surface area contributed by atoms with Crippen molar-refractivity contribution >= 4 is 23.2 Å². The summed E-state index contributed by atoms with van der Waals surface area (Å²) in [5.74, 6) is -1.10. The molecule has 0 radical (unpaired) electrons. The van der Waals surface area contributed by atoms with Crippen molar-refractivity contribution in [2.24, 2.45) is 0 Å². The molecule has 1 heterocycles. The van der Waals surface area contributed by atoms with Gasteiger partial charge in [-0.2, -0.15) is 0 Å². The molecule has 3 rings (SSSR count). The molecule has 0 spiro atoms. The smallest absolute Gasteiger partial charge is 0.238 e. The minimum atomic E-state index is -0.737. The number of anilines is 2. The Balaban J connectivity index is 1.54. The minimum absolute atomic E-state index is 0.0516. The van der Waals surface area contributed by atoms with Crippen LogP contribution in [0.4, 0.5) is 20.2 Å². The second kappa shape index (κ2) is 9.33. The second-order valence-corrected chi connectivity index (χ2v) is 6.38. The van der Waals surface area contributed by atoms with Gasteiger partial charge in [0, 0.05) is 17.8 Å². The quantitative estimate of drug-likeness (QED) is 0.740. The number of hydrogen-bond donors (Lipinski definition) is 2. The molecule has 0 atom stereocenters. The van der Waals surface area contributed by atoms with Gasteiger partial charge >= 0.3 is 0 Å². The van der Waals surface area contributed by atoms with Crippen LogP contribution in [0.3, 0.4) is 0 Å². The monoisotopic (exact) mass is 405 g/mol. The van der Waals surface area contributed by atoms with Gasteiger partial charge in [-0.25, -0.2) is 8.78 Å². The lowest BCUT2D eigenvalue weighted by Crippen LogP contribution is -2.38. The fourth-order valence-corrected chi connectivity index (χ4v) is 2.79. The lowest BCUT2D eigenvalue weighted by atomic mass is 10.2. The Hall–Kier alpha value is -3.20. The number of nitrogens with one attached hydrogen (secondary N) is 2. The highest BCUT2D eigenvalue weighted by Crippen LogP contribution is 2.32. The summed E-state index contributed by atoms with van der Waals surface area (Å²) in [5.41, 5.74) is 0.299. The summed E-state index contributed by atoms with van der Waals surface area (Å²) in [6.07, 6.45) is 0. The van der Waals surface area contributed by atoms with Crippen LogP contribution < -0.4 is 20.1 Å². The fraction of sp³-hybridized carbons (Fsp3) is 0.300. The van der Waals surface area contributed by atoms with Crippen molar-refractivity contribution in [3.8, 4) is 11.5 Å². The summed E-state index contributed by atoms with van der Waals surface area (Å²) in [7, 11) is 0. The van der Waals surface area contributed by atoms with Crippen molar-refractivity contribution in [1.82, 2.24) is 4.90 Å². The lowest BCUT2D eigenvalue weighted by Gasteiger charge is -2.21. The first-order valence-electron chi connectivity index (χ1n) is 9.11. The highest BCUT2D eigenvalue weighted by molar-refractivity contribution is 5.95. The number of amides is 2. The third kappa shape index (κ3) is 5.64. The van der Waals surface area contributed by atoms with Crippen LogP contribution in [-0.2, 0) is 9.59 Å². The van der Waals surface area contributed by atoms with Crippen LogP contribution in [-0.4, -0.2) is 49.6 Å². The van der Waals surface area contributed by atoms with Crippen molar-refractivity contribution < 1.29 is 27.8 Å². The van der Waals surface area contributed by atoms with Gasteiger partial charge in [-0.05, 0) is 30.8 Å². The molecule has 154 valence electrons. The number of hydrogen-bond acceptors (Lipinski definition) is 5. The van der Waals surface area contributed by atoms with Gasteiger partial charge in [0.25, 0.3) is 0 Å². The van der Waals surface area contributed by atoms with E-state index in [4.69, 9.17) is 9.47 Å². The number of likely N-dealkylation sites (N-methyl/N-ethyl adjacent to an activating group) is 1. The molecule has 0 fully saturated rings. The maximum atomic E-state index is 13.6. The van der Waals surface area contributed by atoms with Gasteiger partial charge in [0.2, 0.25) is 11.8 Å². The zero-order valence-corrected chi connectivity index (χ0v) is 15.8. The van der Waals surface area contributed by atoms with E-state index in [-0.39, 0.29) is 24.7 Å². The summed E-state index contributed by atoms with van der Waals surface area (Å²) < 4.78 is 37.8. The molecule has 1 aliphatic rings. The van der Waals surface area contributed by atoms with Crippen LogP contribution in [0.5, 0.6) is 11.5 Å². The Bertz CT molecular complexity index is 907. The molecule has 0 aliphatic carbocycles. The Morgan fingerprint density at radius 2 is 1.66 bits per heavy atom. The molecular weight excluding hydrogens is 384 g/mol. The first-order chi connectivity index (χ1) is 13.9. The maximum Gasteiger partial charge on any atom is 0.238 e. The first-order valence-corrected chi connectivity index (χ1v) is 9.11. The van der Waals surface area contributed by atoms with Crippen LogP contribution in [0.2, 0.25) is 0 Å². The topological polar surface area (TPSA) is 79.9 Å². The molecule has 7 nitrogen and oxygen atoms in total. The summed E-state index contributed by atoms with van der Waals surface area (Å²) in [6.45, 7) is 2.91. The van der Waals surface area contributed by atoms with E-state index in [1.165, 1.54) is 0 Å². The number of carbonyl (C=O) groups is 2. The van der Waals surface area contributed by atoms with Gasteiger partial charge in [-0.3, -0.25) is 14.5 Å². The van der Waals surface area contributed by atoms with E-state index in [0.717, 1.165) is 18.2 Å². The predicted molar refractivity (Wildman–Crippen MR) is 103 cm³/mol. The Morgan fingerprint density at radius 1 is 0.966 bits per heavy atom. The molecule has 2 N–H and O–H groups in total. The third-order valence-corrected chi connectivity index (χ3v) is 4.21. The van der Waals surface area contributed by atoms with Gasteiger partial charge < -0.3 is 20.1 Å². The summed E-state index contributed by atoms with van der Waals surface area (Å²) in [4.78, 5) is 26.0. The molecule has 0 saturated carbocycles. The first kappa shape index (κ1) is 20.5. The van der Waals surface area contributed by atoms with Crippen LogP contribution in [0, 0.1) is 11.6 Å². The summed E-state index contributed by atoms with van der Waals surface area (Å²) >= 11 is 0. The van der Waals surface area contributed by atoms with Crippen LogP contribution in [0.25, 0.3) is 0 Å². The van der Waals surface area contributed by atoms with Crippen LogP contribution >= 0.6 is 0 Å². The average Bonchev–Trinajstić information content (AvgIpc) is 2.70. The van der Waals surface area contributed by atoms with Crippen molar-refractivity contribution in [3.05, 3.63) is 48.0 Å². The van der Waals surface area contributed by atoms with Crippen LogP contribution in [0.15, 0.2) is 36.4 Å². The van der Waals surface area contributed by atoms with Gasteiger partial charge in [0.05, 0.1) is 18.8 Å². The average molecular weight is 405 g/mol. The fourth-order valence-electron chi connectivity index (χ4n) is 2.79. The maximum absolute atomic E-state index is 13.6. The van der Waals surface area contributed by atoms with E-state index >= 15 is 0 Å². The number of fused-ring (bicyclic) bond motifs is 1. The van der Waals surface area contributed by atoms with Crippen molar-refractivity contribution in [1.29, 1.82) is 0 Å². The molecule has 0 bridgehead atoms. The Labute approximate surface area is 166 Å². The minimum Gasteiger partial charge on any atom is -0.486 e. The van der Waals surface area contributed by atoms with E-state index in [1.54, 1.807) is 30.0 Å². The normalized spacial score (nSPS) is 12.6. The summed E-state index contributed by atoms with van der Waals surface area (Å²) in [5, 5.41) is 5.05. The van der Waals surface area contributed by atoms with Crippen molar-refractivity contribution in [3.63, 3.8) is 0 Å². The van der Waals surface area contributed by atoms with E-state index < -0.39 is 17.5 Å². The number of carbonyl (C=O) groups excluding carboxylic acids is 2. The van der Waals surface area contributed by atoms with E-state index in [9.17, 15) is 18.4 Å². The number of halogens is 2. The molecular formula is C20H21F2N3O4. The third-order valence-electron chi connectivity index (χ3n) is 4.21. The molecule has 29 heavy (non-hydrogen) atoms. The van der Waals surface area contributed by atoms with E-state index in [1.807, 2.05) is 0 Å². The molecule has 9 heteroatoms. The number of ether oxygens (including phenoxy) is 2. The van der Waals surface area contributed by atoms with Gasteiger partial charge in [-0.1, -0.05) is 6.92 Å². The van der Waals surface area contributed by atoms with Gasteiger partial charge in [0.1, 0.15) is 24.8 Å². The van der Waals surface area contributed by atoms with Crippen molar-refractivity contribution in [2.45, 2.75) is 6.92 Å². The molecule has 0 saturated heterocycles.